The zero-order valence-electron chi connectivity index (χ0n) is 20.7. The minimum atomic E-state index is -1.35. The fraction of sp³-hybridized carbons (Fsp3) is 0.480. The Labute approximate surface area is 212 Å². The molecule has 1 fully saturated rings. The molecule has 2 heterocycles. The molecular formula is C25H28O12. The Hall–Kier alpha value is -3.93. The van der Waals surface area contributed by atoms with Gasteiger partial charge in [-0.25, -0.2) is 0 Å². The van der Waals surface area contributed by atoms with E-state index < -0.39 is 60.7 Å². The summed E-state index contributed by atoms with van der Waals surface area (Å²) in [5, 5.41) is 0. The number of esters is 4. The van der Waals surface area contributed by atoms with Crippen LogP contribution in [0.2, 0.25) is 0 Å². The minimum Gasteiger partial charge on any atom is -0.493 e. The van der Waals surface area contributed by atoms with Crippen LogP contribution in [0.5, 0.6) is 5.75 Å². The summed E-state index contributed by atoms with van der Waals surface area (Å²) in [5.74, 6) is -2.61. The molecule has 3 rings (SSSR count). The molecule has 0 aromatic heterocycles. The molecule has 12 nitrogen and oxygen atoms in total. The number of ketones is 1. The first kappa shape index (κ1) is 27.7. The average Bonchev–Trinajstić information content (AvgIpc) is 2.81. The average molecular weight is 520 g/mol. The van der Waals surface area contributed by atoms with E-state index in [1.165, 1.54) is 19.3 Å². The number of rotatable bonds is 8. The summed E-state index contributed by atoms with van der Waals surface area (Å²) in [4.78, 5) is 58.8. The molecule has 1 aromatic rings. The lowest BCUT2D eigenvalue weighted by atomic mass is 9.98. The Bertz CT molecular complexity index is 1050. The van der Waals surface area contributed by atoms with Gasteiger partial charge in [-0.3, -0.25) is 24.0 Å². The molecule has 1 unspecified atom stereocenters. The molecule has 0 N–H and O–H groups in total. The Balaban J connectivity index is 1.89. The molecular weight excluding hydrogens is 492 g/mol. The van der Waals surface area contributed by atoms with E-state index in [2.05, 4.69) is 0 Å². The first-order valence-electron chi connectivity index (χ1n) is 11.5. The Morgan fingerprint density at radius 3 is 2.00 bits per heavy atom. The molecule has 0 saturated carbocycles. The zero-order valence-corrected chi connectivity index (χ0v) is 20.7. The number of carbonyl (C=O) groups is 5. The van der Waals surface area contributed by atoms with Crippen LogP contribution < -0.4 is 4.74 Å². The van der Waals surface area contributed by atoms with Crippen LogP contribution in [0.15, 0.2) is 36.6 Å². The molecule has 200 valence electrons. The number of benzene rings is 1. The van der Waals surface area contributed by atoms with Crippen molar-refractivity contribution in [3.05, 3.63) is 42.2 Å². The fourth-order valence-corrected chi connectivity index (χ4v) is 3.88. The van der Waals surface area contributed by atoms with Crippen LogP contribution >= 0.6 is 0 Å². The van der Waals surface area contributed by atoms with Gasteiger partial charge in [-0.15, -0.1) is 0 Å². The van der Waals surface area contributed by atoms with Crippen molar-refractivity contribution in [1.82, 2.24) is 0 Å². The highest BCUT2D eigenvalue weighted by atomic mass is 16.7. The predicted molar refractivity (Wildman–Crippen MR) is 122 cm³/mol. The molecule has 1 aromatic carbocycles. The monoisotopic (exact) mass is 520 g/mol. The van der Waals surface area contributed by atoms with Gasteiger partial charge in [-0.05, 0) is 17.7 Å². The second kappa shape index (κ2) is 12.3. The van der Waals surface area contributed by atoms with E-state index in [1.807, 2.05) is 0 Å². The van der Waals surface area contributed by atoms with Crippen LogP contribution in [-0.2, 0) is 52.4 Å². The van der Waals surface area contributed by atoms with Gasteiger partial charge in [0.1, 0.15) is 24.6 Å². The van der Waals surface area contributed by atoms with E-state index in [1.54, 1.807) is 24.3 Å². The molecule has 6 atom stereocenters. The topological polar surface area (TPSA) is 150 Å². The maximum absolute atomic E-state index is 11.9. The van der Waals surface area contributed by atoms with Crippen LogP contribution in [0, 0.1) is 0 Å². The van der Waals surface area contributed by atoms with Crippen molar-refractivity contribution in [3.63, 3.8) is 0 Å². The zero-order chi connectivity index (χ0) is 27.1. The van der Waals surface area contributed by atoms with Gasteiger partial charge in [-0.2, -0.15) is 0 Å². The molecule has 2 aliphatic rings. The third-order valence-corrected chi connectivity index (χ3v) is 5.34. The standard InChI is InChI=1S/C25H28O12/c1-13(26)32-12-21-22(33-14(2)27)23(34-15(3)28)24(35-16(4)29)25(37-21)36-19-7-5-17(6-8-19)20-11-18(30)9-10-31-20/h5-10,20-25H,11-12H2,1-4H3/t20?,21-,22-,23+,24-,25-/m1/s1. The summed E-state index contributed by atoms with van der Waals surface area (Å²) < 4.78 is 38.5. The maximum atomic E-state index is 11.9. The molecule has 0 spiro atoms. The highest BCUT2D eigenvalue weighted by Gasteiger charge is 2.53. The Morgan fingerprint density at radius 2 is 1.43 bits per heavy atom. The molecule has 0 radical (unpaired) electrons. The quantitative estimate of drug-likeness (QED) is 0.362. The van der Waals surface area contributed by atoms with Gasteiger partial charge in [-0.1, -0.05) is 12.1 Å². The van der Waals surface area contributed by atoms with E-state index in [-0.39, 0.29) is 24.6 Å². The van der Waals surface area contributed by atoms with E-state index in [9.17, 15) is 24.0 Å². The predicted octanol–water partition coefficient (Wildman–Crippen LogP) is 1.69. The summed E-state index contributed by atoms with van der Waals surface area (Å²) in [5.41, 5.74) is 0.728. The highest BCUT2D eigenvalue weighted by Crippen LogP contribution is 2.32. The highest BCUT2D eigenvalue weighted by molar-refractivity contribution is 5.90. The van der Waals surface area contributed by atoms with E-state index in [0.717, 1.165) is 26.3 Å². The van der Waals surface area contributed by atoms with Gasteiger partial charge < -0.3 is 33.2 Å². The third-order valence-electron chi connectivity index (χ3n) is 5.34. The second-order valence-corrected chi connectivity index (χ2v) is 8.35. The van der Waals surface area contributed by atoms with Gasteiger partial charge >= 0.3 is 23.9 Å². The Morgan fingerprint density at radius 1 is 0.838 bits per heavy atom. The van der Waals surface area contributed by atoms with Crippen LogP contribution in [0.3, 0.4) is 0 Å². The van der Waals surface area contributed by atoms with Crippen molar-refractivity contribution in [2.45, 2.75) is 70.9 Å². The van der Waals surface area contributed by atoms with Crippen LogP contribution in [0.25, 0.3) is 0 Å². The molecule has 0 aliphatic carbocycles. The second-order valence-electron chi connectivity index (χ2n) is 8.35. The number of hydrogen-bond donors (Lipinski definition) is 0. The largest absolute Gasteiger partial charge is 0.493 e. The lowest BCUT2D eigenvalue weighted by molar-refractivity contribution is -0.288. The van der Waals surface area contributed by atoms with Gasteiger partial charge in [0.25, 0.3) is 0 Å². The van der Waals surface area contributed by atoms with Crippen LogP contribution in [0.4, 0.5) is 0 Å². The minimum absolute atomic E-state index is 0.0610. The number of hydrogen-bond acceptors (Lipinski definition) is 12. The fourth-order valence-electron chi connectivity index (χ4n) is 3.88. The van der Waals surface area contributed by atoms with E-state index in [0.29, 0.717) is 0 Å². The maximum Gasteiger partial charge on any atom is 0.303 e. The van der Waals surface area contributed by atoms with Crippen molar-refractivity contribution in [3.8, 4) is 5.75 Å². The molecule has 12 heteroatoms. The SMILES string of the molecule is CC(=O)OC[C@H]1O[C@@H](Oc2ccc(C3CC(=O)C=CO3)cc2)[C@H](OC(C)=O)[C@@H](OC(C)=O)[C@@H]1OC(C)=O. The summed E-state index contributed by atoms with van der Waals surface area (Å²) in [6.07, 6.45) is -3.98. The summed E-state index contributed by atoms with van der Waals surface area (Å²) in [6.45, 7) is 4.23. The van der Waals surface area contributed by atoms with E-state index in [4.69, 9.17) is 33.2 Å². The first-order valence-corrected chi connectivity index (χ1v) is 11.5. The summed E-state index contributed by atoms with van der Waals surface area (Å²) in [6, 6.07) is 6.57. The molecule has 1 saturated heterocycles. The first-order chi connectivity index (χ1) is 17.5. The van der Waals surface area contributed by atoms with Crippen molar-refractivity contribution in [1.29, 1.82) is 0 Å². The molecule has 2 aliphatic heterocycles. The van der Waals surface area contributed by atoms with Crippen molar-refractivity contribution in [2.24, 2.45) is 0 Å². The van der Waals surface area contributed by atoms with Gasteiger partial charge in [0, 0.05) is 33.8 Å². The third kappa shape index (κ3) is 7.78. The number of carbonyl (C=O) groups excluding carboxylic acids is 5. The van der Waals surface area contributed by atoms with Gasteiger partial charge in [0.2, 0.25) is 12.4 Å². The van der Waals surface area contributed by atoms with Crippen molar-refractivity contribution < 1.29 is 57.1 Å². The van der Waals surface area contributed by atoms with Crippen molar-refractivity contribution in [2.75, 3.05) is 6.61 Å². The lowest BCUT2D eigenvalue weighted by Gasteiger charge is -2.43. The lowest BCUT2D eigenvalue weighted by Crippen LogP contribution is -2.63. The normalized spacial score (nSPS) is 26.9. The van der Waals surface area contributed by atoms with Crippen LogP contribution in [-0.4, -0.2) is 67.0 Å². The van der Waals surface area contributed by atoms with Crippen molar-refractivity contribution >= 4 is 29.7 Å². The molecule has 0 amide bonds. The number of ether oxygens (including phenoxy) is 7. The number of allylic oxidation sites excluding steroid dienone is 1. The molecule has 0 bridgehead atoms. The summed E-state index contributed by atoms with van der Waals surface area (Å²) >= 11 is 0. The molecule has 37 heavy (non-hydrogen) atoms. The van der Waals surface area contributed by atoms with Crippen LogP contribution in [0.1, 0.15) is 45.8 Å². The smallest absolute Gasteiger partial charge is 0.303 e. The van der Waals surface area contributed by atoms with E-state index >= 15 is 0 Å². The van der Waals surface area contributed by atoms with Gasteiger partial charge in [0.15, 0.2) is 18.0 Å². The summed E-state index contributed by atoms with van der Waals surface area (Å²) in [7, 11) is 0. The van der Waals surface area contributed by atoms with Gasteiger partial charge in [0.05, 0.1) is 12.7 Å². The Kier molecular flexibility index (Phi) is 9.23.